The molecule has 1 aliphatic carbocycles. The minimum atomic E-state index is 0.0907. The second kappa shape index (κ2) is 7.24. The molecule has 0 aromatic carbocycles. The molecule has 2 unspecified atom stereocenters. The molecule has 0 spiro atoms. The van der Waals surface area contributed by atoms with Gasteiger partial charge in [0.1, 0.15) is 0 Å². The van der Waals surface area contributed by atoms with Gasteiger partial charge >= 0.3 is 0 Å². The zero-order chi connectivity index (χ0) is 13.5. The number of hydrogen-bond acceptors (Lipinski definition) is 3. The maximum atomic E-state index is 11.9. The molecule has 0 saturated heterocycles. The number of hydrogen-bond donors (Lipinski definition) is 2. The van der Waals surface area contributed by atoms with Gasteiger partial charge in [-0.05, 0) is 31.4 Å². The summed E-state index contributed by atoms with van der Waals surface area (Å²) in [5.41, 5.74) is 7.07. The van der Waals surface area contributed by atoms with Gasteiger partial charge in [-0.15, -0.1) is 0 Å². The van der Waals surface area contributed by atoms with E-state index in [4.69, 9.17) is 5.73 Å². The molecule has 0 aliphatic heterocycles. The summed E-state index contributed by atoms with van der Waals surface area (Å²) in [6.07, 6.45) is 8.54. The number of carbonyl (C=O) groups is 1. The van der Waals surface area contributed by atoms with Crippen LogP contribution in [0.3, 0.4) is 0 Å². The summed E-state index contributed by atoms with van der Waals surface area (Å²) in [6.45, 7) is 0. The Morgan fingerprint density at radius 1 is 1.32 bits per heavy atom. The summed E-state index contributed by atoms with van der Waals surface area (Å²) < 4.78 is 0. The first-order valence-corrected chi connectivity index (χ1v) is 7.20. The molecule has 2 rings (SSSR count). The quantitative estimate of drug-likeness (QED) is 0.812. The Hall–Kier alpha value is -1.42. The highest BCUT2D eigenvalue weighted by Gasteiger charge is 2.21. The largest absolute Gasteiger partial charge is 0.352 e. The van der Waals surface area contributed by atoms with Gasteiger partial charge in [-0.2, -0.15) is 0 Å². The monoisotopic (exact) mass is 261 g/mol. The van der Waals surface area contributed by atoms with E-state index < -0.39 is 0 Å². The lowest BCUT2D eigenvalue weighted by molar-refractivity contribution is -0.122. The number of nitrogens with one attached hydrogen (secondary N) is 1. The van der Waals surface area contributed by atoms with Crippen molar-refractivity contribution in [2.24, 2.45) is 5.73 Å². The second-order valence-corrected chi connectivity index (χ2v) is 5.30. The topological polar surface area (TPSA) is 68.0 Å². The molecule has 1 fully saturated rings. The third kappa shape index (κ3) is 4.63. The van der Waals surface area contributed by atoms with Crippen LogP contribution >= 0.6 is 0 Å². The van der Waals surface area contributed by atoms with E-state index in [-0.39, 0.29) is 18.0 Å². The first-order chi connectivity index (χ1) is 9.25. The lowest BCUT2D eigenvalue weighted by atomic mass is 10.0. The van der Waals surface area contributed by atoms with Crippen LogP contribution in [0, 0.1) is 0 Å². The van der Waals surface area contributed by atoms with Crippen LogP contribution in [-0.2, 0) is 11.2 Å². The van der Waals surface area contributed by atoms with Gasteiger partial charge in [0.2, 0.25) is 5.91 Å². The van der Waals surface area contributed by atoms with Crippen molar-refractivity contribution in [1.82, 2.24) is 10.3 Å². The summed E-state index contributed by atoms with van der Waals surface area (Å²) in [5, 5.41) is 3.09. The van der Waals surface area contributed by atoms with Crippen molar-refractivity contribution in [3.8, 4) is 0 Å². The number of aryl methyl sites for hydroxylation is 1. The summed E-state index contributed by atoms with van der Waals surface area (Å²) in [6, 6.07) is 6.04. The highest BCUT2D eigenvalue weighted by Crippen LogP contribution is 2.16. The Morgan fingerprint density at radius 3 is 2.95 bits per heavy atom. The molecular weight excluding hydrogens is 238 g/mol. The van der Waals surface area contributed by atoms with E-state index in [9.17, 15) is 4.79 Å². The van der Waals surface area contributed by atoms with Crippen LogP contribution in [0.1, 0.15) is 44.2 Å². The van der Waals surface area contributed by atoms with Crippen LogP contribution in [0.4, 0.5) is 0 Å². The fourth-order valence-electron chi connectivity index (χ4n) is 2.58. The molecule has 1 heterocycles. The number of aromatic nitrogens is 1. The van der Waals surface area contributed by atoms with Crippen molar-refractivity contribution in [3.05, 3.63) is 30.1 Å². The van der Waals surface area contributed by atoms with E-state index in [1.165, 1.54) is 19.3 Å². The third-order valence-electron chi connectivity index (χ3n) is 3.75. The Morgan fingerprint density at radius 2 is 2.16 bits per heavy atom. The minimum absolute atomic E-state index is 0.0907. The van der Waals surface area contributed by atoms with Crippen molar-refractivity contribution >= 4 is 5.91 Å². The molecule has 1 aromatic rings. The van der Waals surface area contributed by atoms with Crippen LogP contribution in [0.2, 0.25) is 0 Å². The van der Waals surface area contributed by atoms with Crippen molar-refractivity contribution in [1.29, 1.82) is 0 Å². The standard InChI is InChI=1S/C15H23N3O/c16-13-7-2-1-3-8-14(13)18-15(19)10-9-12-6-4-5-11-17-12/h4-6,11,13-14H,1-3,7-10,16H2,(H,18,19). The van der Waals surface area contributed by atoms with Gasteiger partial charge in [0, 0.05) is 30.4 Å². The predicted molar refractivity (Wildman–Crippen MR) is 75.5 cm³/mol. The molecule has 0 bridgehead atoms. The number of pyridine rings is 1. The average Bonchev–Trinajstić information content (AvgIpc) is 2.63. The SMILES string of the molecule is NC1CCCCCC1NC(=O)CCc1ccccn1. The number of nitrogens with two attached hydrogens (primary N) is 1. The van der Waals surface area contributed by atoms with E-state index in [0.29, 0.717) is 12.8 Å². The maximum absolute atomic E-state index is 11.9. The fraction of sp³-hybridized carbons (Fsp3) is 0.600. The zero-order valence-electron chi connectivity index (χ0n) is 11.3. The van der Waals surface area contributed by atoms with E-state index in [2.05, 4.69) is 10.3 Å². The van der Waals surface area contributed by atoms with Gasteiger partial charge in [-0.25, -0.2) is 0 Å². The highest BCUT2D eigenvalue weighted by atomic mass is 16.1. The number of rotatable bonds is 4. The van der Waals surface area contributed by atoms with Gasteiger partial charge < -0.3 is 11.1 Å². The van der Waals surface area contributed by atoms with Gasteiger partial charge in [-0.1, -0.05) is 25.3 Å². The Bertz CT molecular complexity index is 394. The van der Waals surface area contributed by atoms with Crippen molar-refractivity contribution in [3.63, 3.8) is 0 Å². The molecule has 1 aliphatic rings. The van der Waals surface area contributed by atoms with E-state index in [0.717, 1.165) is 18.5 Å². The molecule has 4 nitrogen and oxygen atoms in total. The Labute approximate surface area is 114 Å². The summed E-state index contributed by atoms with van der Waals surface area (Å²) in [5.74, 6) is 0.0907. The molecule has 0 radical (unpaired) electrons. The van der Waals surface area contributed by atoms with Gasteiger partial charge in [0.15, 0.2) is 0 Å². The Balaban J connectivity index is 1.77. The van der Waals surface area contributed by atoms with Gasteiger partial charge in [0.25, 0.3) is 0 Å². The first kappa shape index (κ1) is 14.0. The molecular formula is C15H23N3O. The van der Waals surface area contributed by atoms with Crippen LogP contribution in [-0.4, -0.2) is 23.0 Å². The zero-order valence-corrected chi connectivity index (χ0v) is 11.3. The molecule has 2 atom stereocenters. The third-order valence-corrected chi connectivity index (χ3v) is 3.75. The number of carbonyl (C=O) groups excluding carboxylic acids is 1. The Kier molecular flexibility index (Phi) is 5.33. The van der Waals surface area contributed by atoms with Crippen molar-refractivity contribution < 1.29 is 4.79 Å². The summed E-state index contributed by atoms with van der Waals surface area (Å²) in [7, 11) is 0. The van der Waals surface area contributed by atoms with Gasteiger partial charge in [0.05, 0.1) is 0 Å². The van der Waals surface area contributed by atoms with Crippen LogP contribution in [0.5, 0.6) is 0 Å². The van der Waals surface area contributed by atoms with Crippen LogP contribution in [0.25, 0.3) is 0 Å². The molecule has 1 amide bonds. The van der Waals surface area contributed by atoms with E-state index >= 15 is 0 Å². The smallest absolute Gasteiger partial charge is 0.220 e. The van der Waals surface area contributed by atoms with Gasteiger partial charge in [-0.3, -0.25) is 9.78 Å². The van der Waals surface area contributed by atoms with E-state index in [1.54, 1.807) is 6.20 Å². The molecule has 3 N–H and O–H groups in total. The number of amides is 1. The number of nitrogens with zero attached hydrogens (tertiary/aromatic N) is 1. The lowest BCUT2D eigenvalue weighted by Crippen LogP contribution is -2.47. The molecule has 4 heteroatoms. The predicted octanol–water partition coefficient (Wildman–Crippen LogP) is 1.79. The molecule has 1 saturated carbocycles. The maximum Gasteiger partial charge on any atom is 0.220 e. The second-order valence-electron chi connectivity index (χ2n) is 5.30. The summed E-state index contributed by atoms with van der Waals surface area (Å²) >= 11 is 0. The van der Waals surface area contributed by atoms with Crippen molar-refractivity contribution in [2.75, 3.05) is 0 Å². The normalized spacial score (nSPS) is 23.6. The van der Waals surface area contributed by atoms with Crippen LogP contribution < -0.4 is 11.1 Å². The lowest BCUT2D eigenvalue weighted by Gasteiger charge is -2.22. The van der Waals surface area contributed by atoms with Crippen LogP contribution in [0.15, 0.2) is 24.4 Å². The first-order valence-electron chi connectivity index (χ1n) is 7.20. The minimum Gasteiger partial charge on any atom is -0.352 e. The molecule has 104 valence electrons. The summed E-state index contributed by atoms with van der Waals surface area (Å²) in [4.78, 5) is 16.2. The fourth-order valence-corrected chi connectivity index (χ4v) is 2.58. The molecule has 19 heavy (non-hydrogen) atoms. The van der Waals surface area contributed by atoms with E-state index in [1.807, 2.05) is 18.2 Å². The average molecular weight is 261 g/mol. The highest BCUT2D eigenvalue weighted by molar-refractivity contribution is 5.76. The van der Waals surface area contributed by atoms with Crippen molar-refractivity contribution in [2.45, 2.75) is 57.0 Å². The molecule has 1 aromatic heterocycles.